The maximum absolute atomic E-state index is 13.1. The van der Waals surface area contributed by atoms with Crippen molar-refractivity contribution in [3.63, 3.8) is 0 Å². The van der Waals surface area contributed by atoms with E-state index in [0.29, 0.717) is 18.1 Å². The molecule has 0 aliphatic carbocycles. The van der Waals surface area contributed by atoms with Crippen molar-refractivity contribution >= 4 is 5.97 Å². The molecule has 2 aromatic rings. The second kappa shape index (κ2) is 8.94. The van der Waals surface area contributed by atoms with E-state index in [1.165, 1.54) is 25.0 Å². The van der Waals surface area contributed by atoms with Crippen molar-refractivity contribution in [2.24, 2.45) is 0 Å². The normalized spacial score (nSPS) is 17.9. The molecule has 3 rings (SSSR count). The quantitative estimate of drug-likeness (QED) is 0.809. The minimum atomic E-state index is -5.08. The predicted octanol–water partition coefficient (Wildman–Crippen LogP) is 3.59. The van der Waals surface area contributed by atoms with Crippen LogP contribution >= 0.6 is 0 Å². The number of carboxylic acid groups (broad SMARTS) is 1. The van der Waals surface area contributed by atoms with Crippen LogP contribution in [0.4, 0.5) is 17.6 Å². The highest BCUT2D eigenvalue weighted by molar-refractivity contribution is 5.73. The van der Waals surface area contributed by atoms with Crippen molar-refractivity contribution in [2.75, 3.05) is 13.6 Å². The number of aromatic nitrogens is 2. The number of hydrogen-bond donors (Lipinski definition) is 1. The number of piperidine rings is 1. The molecule has 1 unspecified atom stereocenters. The van der Waals surface area contributed by atoms with Gasteiger partial charge in [0.2, 0.25) is 5.89 Å². The molecule has 1 fully saturated rings. The van der Waals surface area contributed by atoms with Gasteiger partial charge in [-0.2, -0.15) is 18.2 Å². The van der Waals surface area contributed by atoms with Crippen molar-refractivity contribution in [1.29, 1.82) is 0 Å². The summed E-state index contributed by atoms with van der Waals surface area (Å²) in [6.45, 7) is 1.06. The zero-order valence-electron chi connectivity index (χ0n) is 14.5. The minimum absolute atomic E-state index is 0.220. The van der Waals surface area contributed by atoms with E-state index in [0.717, 1.165) is 18.5 Å². The summed E-state index contributed by atoms with van der Waals surface area (Å²) in [7, 11) is 2.08. The molecule has 0 bridgehead atoms. The van der Waals surface area contributed by atoms with E-state index < -0.39 is 12.1 Å². The molecular weight excluding hydrogens is 370 g/mol. The van der Waals surface area contributed by atoms with E-state index in [4.69, 9.17) is 14.4 Å². The maximum atomic E-state index is 13.1. The average Bonchev–Trinajstić information content (AvgIpc) is 3.03. The van der Waals surface area contributed by atoms with Gasteiger partial charge in [-0.05, 0) is 44.1 Å². The molecule has 10 heteroatoms. The Balaban J connectivity index is 0.000000321. The van der Waals surface area contributed by atoms with Crippen LogP contribution in [0.2, 0.25) is 0 Å². The molecule has 1 aromatic carbocycles. The van der Waals surface area contributed by atoms with Crippen LogP contribution in [0.25, 0.3) is 0 Å². The molecule has 1 aromatic heterocycles. The van der Waals surface area contributed by atoms with Crippen LogP contribution in [-0.2, 0) is 11.2 Å². The fraction of sp³-hybridized carbons (Fsp3) is 0.471. The summed E-state index contributed by atoms with van der Waals surface area (Å²) in [5.41, 5.74) is 0.856. The molecule has 6 nitrogen and oxygen atoms in total. The van der Waals surface area contributed by atoms with Crippen molar-refractivity contribution in [1.82, 2.24) is 15.0 Å². The van der Waals surface area contributed by atoms with E-state index in [1.807, 2.05) is 6.07 Å². The molecule has 1 aliphatic rings. The summed E-state index contributed by atoms with van der Waals surface area (Å²) in [5, 5.41) is 11.1. The fourth-order valence-electron chi connectivity index (χ4n) is 2.69. The molecule has 148 valence electrons. The van der Waals surface area contributed by atoms with Crippen LogP contribution in [0.15, 0.2) is 28.8 Å². The third kappa shape index (κ3) is 6.31. The Morgan fingerprint density at radius 3 is 2.67 bits per heavy atom. The molecule has 1 saturated heterocycles. The first-order valence-corrected chi connectivity index (χ1v) is 8.24. The third-order valence-corrected chi connectivity index (χ3v) is 4.03. The first kappa shape index (κ1) is 20.8. The molecule has 0 spiro atoms. The SMILES string of the molecule is CN1CCCCC1c1nc(Cc2cccc(F)c2)no1.O=C(O)C(F)(F)F. The average molecular weight is 389 g/mol. The van der Waals surface area contributed by atoms with Crippen molar-refractivity contribution in [2.45, 2.75) is 37.9 Å². The van der Waals surface area contributed by atoms with Gasteiger partial charge in [0, 0.05) is 6.42 Å². The molecule has 0 saturated carbocycles. The topological polar surface area (TPSA) is 79.5 Å². The van der Waals surface area contributed by atoms with Gasteiger partial charge >= 0.3 is 12.1 Å². The molecule has 1 N–H and O–H groups in total. The van der Waals surface area contributed by atoms with Gasteiger partial charge in [0.25, 0.3) is 0 Å². The van der Waals surface area contributed by atoms with E-state index in [9.17, 15) is 17.6 Å². The lowest BCUT2D eigenvalue weighted by atomic mass is 10.0. The third-order valence-electron chi connectivity index (χ3n) is 4.03. The lowest BCUT2D eigenvalue weighted by Crippen LogP contribution is -2.29. The van der Waals surface area contributed by atoms with Gasteiger partial charge in [-0.15, -0.1) is 0 Å². The predicted molar refractivity (Wildman–Crippen MR) is 86.4 cm³/mol. The Morgan fingerprint density at radius 1 is 1.37 bits per heavy atom. The summed E-state index contributed by atoms with van der Waals surface area (Å²) < 4.78 is 50.3. The van der Waals surface area contributed by atoms with Crippen molar-refractivity contribution in [3.8, 4) is 0 Å². The number of nitrogens with zero attached hydrogens (tertiary/aromatic N) is 3. The van der Waals surface area contributed by atoms with Gasteiger partial charge in [-0.1, -0.05) is 23.7 Å². The summed E-state index contributed by atoms with van der Waals surface area (Å²) in [5.74, 6) is -1.70. The lowest BCUT2D eigenvalue weighted by molar-refractivity contribution is -0.192. The minimum Gasteiger partial charge on any atom is -0.475 e. The Labute approximate surface area is 152 Å². The first-order valence-electron chi connectivity index (χ1n) is 8.24. The summed E-state index contributed by atoms with van der Waals surface area (Å²) in [6, 6.07) is 6.72. The van der Waals surface area contributed by atoms with E-state index in [-0.39, 0.29) is 11.9 Å². The van der Waals surface area contributed by atoms with Crippen molar-refractivity contribution < 1.29 is 32.0 Å². The van der Waals surface area contributed by atoms with Crippen LogP contribution < -0.4 is 0 Å². The maximum Gasteiger partial charge on any atom is 0.490 e. The largest absolute Gasteiger partial charge is 0.490 e. The Hall–Kier alpha value is -2.49. The number of carbonyl (C=O) groups is 1. The number of hydrogen-bond acceptors (Lipinski definition) is 5. The van der Waals surface area contributed by atoms with Crippen LogP contribution in [0.3, 0.4) is 0 Å². The highest BCUT2D eigenvalue weighted by Gasteiger charge is 2.38. The lowest BCUT2D eigenvalue weighted by Gasteiger charge is -2.29. The van der Waals surface area contributed by atoms with Gasteiger partial charge in [-0.25, -0.2) is 9.18 Å². The second-order valence-electron chi connectivity index (χ2n) is 6.15. The number of benzene rings is 1. The van der Waals surface area contributed by atoms with E-state index in [2.05, 4.69) is 22.1 Å². The summed E-state index contributed by atoms with van der Waals surface area (Å²) in [4.78, 5) is 15.6. The summed E-state index contributed by atoms with van der Waals surface area (Å²) in [6.07, 6.45) is -1.12. The number of rotatable bonds is 3. The number of carboxylic acids is 1. The Morgan fingerprint density at radius 2 is 2.07 bits per heavy atom. The van der Waals surface area contributed by atoms with Crippen LogP contribution in [-0.4, -0.2) is 45.9 Å². The zero-order valence-corrected chi connectivity index (χ0v) is 14.5. The number of likely N-dealkylation sites (tertiary alicyclic amines) is 1. The van der Waals surface area contributed by atoms with Gasteiger partial charge in [0.1, 0.15) is 5.82 Å². The smallest absolute Gasteiger partial charge is 0.475 e. The molecule has 0 radical (unpaired) electrons. The number of alkyl halides is 3. The monoisotopic (exact) mass is 389 g/mol. The van der Waals surface area contributed by atoms with Gasteiger partial charge in [-0.3, -0.25) is 4.90 Å². The van der Waals surface area contributed by atoms with E-state index >= 15 is 0 Å². The van der Waals surface area contributed by atoms with Gasteiger partial charge in [0.05, 0.1) is 6.04 Å². The molecule has 0 amide bonds. The molecule has 1 atom stereocenters. The molecule has 2 heterocycles. The Kier molecular flexibility index (Phi) is 6.89. The molecular formula is C17H19F4N3O3. The molecule has 27 heavy (non-hydrogen) atoms. The van der Waals surface area contributed by atoms with E-state index in [1.54, 1.807) is 6.07 Å². The number of aliphatic carboxylic acids is 1. The van der Waals surface area contributed by atoms with Crippen LogP contribution in [0, 0.1) is 5.82 Å². The van der Waals surface area contributed by atoms with Gasteiger partial charge in [0.15, 0.2) is 5.82 Å². The highest BCUT2D eigenvalue weighted by atomic mass is 19.4. The van der Waals surface area contributed by atoms with Crippen molar-refractivity contribution in [3.05, 3.63) is 47.4 Å². The Bertz CT molecular complexity index is 764. The first-order chi connectivity index (χ1) is 12.7. The fourth-order valence-corrected chi connectivity index (χ4v) is 2.69. The summed E-state index contributed by atoms with van der Waals surface area (Å²) >= 11 is 0. The standard InChI is InChI=1S/C15H18FN3O.C2HF3O2/c1-19-8-3-2-7-13(19)15-17-14(18-20-15)10-11-5-4-6-12(16)9-11;3-2(4,5)1(6)7/h4-6,9,13H,2-3,7-8,10H2,1H3;(H,6,7). The highest BCUT2D eigenvalue weighted by Crippen LogP contribution is 2.28. The number of halogens is 4. The van der Waals surface area contributed by atoms with Crippen LogP contribution in [0.5, 0.6) is 0 Å². The molecule has 1 aliphatic heterocycles. The zero-order chi connectivity index (χ0) is 20.0. The second-order valence-corrected chi connectivity index (χ2v) is 6.15. The van der Waals surface area contributed by atoms with Gasteiger partial charge < -0.3 is 9.63 Å². The van der Waals surface area contributed by atoms with Crippen LogP contribution in [0.1, 0.15) is 42.6 Å².